The molecule has 0 aliphatic carbocycles. The molecule has 3 nitrogen and oxygen atoms in total. The molecule has 0 spiro atoms. The fourth-order valence-corrected chi connectivity index (χ4v) is 2.07. The van der Waals surface area contributed by atoms with Gasteiger partial charge >= 0.3 is 5.97 Å². The Hall–Kier alpha value is -1.52. The predicted octanol–water partition coefficient (Wildman–Crippen LogP) is 4.40. The number of hydrogen-bond acceptors (Lipinski definition) is 3. The Balaban J connectivity index is 1.90. The van der Waals surface area contributed by atoms with Crippen LogP contribution in [0.1, 0.15) is 5.56 Å². The lowest BCUT2D eigenvalue weighted by Gasteiger charge is -2.09. The highest BCUT2D eigenvalue weighted by atomic mass is 79.9. The zero-order valence-corrected chi connectivity index (χ0v) is 13.1. The lowest BCUT2D eigenvalue weighted by atomic mass is 10.2. The third-order valence-electron chi connectivity index (χ3n) is 2.53. The first-order valence-corrected chi connectivity index (χ1v) is 7.07. The van der Waals surface area contributed by atoms with Gasteiger partial charge in [0.25, 0.3) is 0 Å². The summed E-state index contributed by atoms with van der Waals surface area (Å²) in [6, 6.07) is 12.2. The molecule has 2 aromatic rings. The number of benzene rings is 2. The number of aryl methyl sites for hydroxylation is 1. The summed E-state index contributed by atoms with van der Waals surface area (Å²) < 4.78 is 11.5. The maximum atomic E-state index is 11.7. The van der Waals surface area contributed by atoms with Crippen LogP contribution in [0.15, 0.2) is 46.9 Å². The van der Waals surface area contributed by atoms with Crippen molar-refractivity contribution < 1.29 is 14.3 Å². The van der Waals surface area contributed by atoms with E-state index in [-0.39, 0.29) is 6.61 Å². The van der Waals surface area contributed by atoms with E-state index in [2.05, 4.69) is 15.9 Å². The van der Waals surface area contributed by atoms with Gasteiger partial charge in [-0.25, -0.2) is 4.79 Å². The van der Waals surface area contributed by atoms with Crippen molar-refractivity contribution in [2.45, 2.75) is 6.92 Å². The summed E-state index contributed by atoms with van der Waals surface area (Å²) in [7, 11) is 0. The largest absolute Gasteiger partial charge is 0.482 e. The molecule has 20 heavy (non-hydrogen) atoms. The quantitative estimate of drug-likeness (QED) is 0.602. The van der Waals surface area contributed by atoms with Crippen LogP contribution in [0.4, 0.5) is 0 Å². The molecule has 2 aromatic carbocycles. The van der Waals surface area contributed by atoms with E-state index in [1.165, 1.54) is 0 Å². The van der Waals surface area contributed by atoms with Gasteiger partial charge in [0.2, 0.25) is 0 Å². The second-order valence-electron chi connectivity index (χ2n) is 4.13. The Morgan fingerprint density at radius 3 is 2.55 bits per heavy atom. The minimum Gasteiger partial charge on any atom is -0.482 e. The summed E-state index contributed by atoms with van der Waals surface area (Å²) in [4.78, 5) is 11.7. The summed E-state index contributed by atoms with van der Waals surface area (Å²) >= 11 is 9.16. The summed E-state index contributed by atoms with van der Waals surface area (Å²) in [5, 5.41) is 0.632. The average Bonchev–Trinajstić information content (AvgIpc) is 2.40. The molecular weight excluding hydrogens is 344 g/mol. The smallest absolute Gasteiger partial charge is 0.349 e. The molecule has 0 aliphatic rings. The fourth-order valence-electron chi connectivity index (χ4n) is 1.57. The molecule has 0 radical (unpaired) electrons. The second-order valence-corrected chi connectivity index (χ2v) is 5.48. The van der Waals surface area contributed by atoms with Gasteiger partial charge in [0.05, 0.1) is 0 Å². The first kappa shape index (κ1) is 14.9. The maximum Gasteiger partial charge on any atom is 0.349 e. The lowest BCUT2D eigenvalue weighted by Crippen LogP contribution is -2.17. The molecule has 0 aliphatic heterocycles. The van der Waals surface area contributed by atoms with Crippen LogP contribution in [-0.4, -0.2) is 12.6 Å². The molecule has 104 valence electrons. The lowest BCUT2D eigenvalue weighted by molar-refractivity contribution is -0.136. The predicted molar refractivity (Wildman–Crippen MR) is 81.5 cm³/mol. The van der Waals surface area contributed by atoms with Crippen LogP contribution in [0.25, 0.3) is 0 Å². The Morgan fingerprint density at radius 2 is 1.90 bits per heavy atom. The van der Waals surface area contributed by atoms with Crippen molar-refractivity contribution in [3.05, 3.63) is 57.5 Å². The summed E-state index contributed by atoms with van der Waals surface area (Å²) in [5.41, 5.74) is 0.869. The van der Waals surface area contributed by atoms with Gasteiger partial charge in [0.1, 0.15) is 11.5 Å². The van der Waals surface area contributed by atoms with Gasteiger partial charge in [0, 0.05) is 9.50 Å². The Labute approximate surface area is 130 Å². The molecule has 0 saturated carbocycles. The van der Waals surface area contributed by atoms with Crippen molar-refractivity contribution >= 4 is 33.5 Å². The Bertz CT molecular complexity index is 611. The molecule has 0 saturated heterocycles. The van der Waals surface area contributed by atoms with Crippen molar-refractivity contribution in [1.29, 1.82) is 0 Å². The van der Waals surface area contributed by atoms with Crippen LogP contribution < -0.4 is 9.47 Å². The Kier molecular flexibility index (Phi) is 5.04. The van der Waals surface area contributed by atoms with E-state index in [4.69, 9.17) is 21.1 Å². The molecule has 5 heteroatoms. The molecule has 0 fully saturated rings. The number of carbonyl (C=O) groups excluding carboxylic acids is 1. The van der Waals surface area contributed by atoms with Crippen LogP contribution in [0.2, 0.25) is 5.02 Å². The summed E-state index contributed by atoms with van der Waals surface area (Å²) in [5.74, 6) is 0.637. The third kappa shape index (κ3) is 4.25. The molecule has 0 aromatic heterocycles. The van der Waals surface area contributed by atoms with E-state index in [0.717, 1.165) is 10.0 Å². The number of esters is 1. The van der Waals surface area contributed by atoms with E-state index in [1.807, 2.05) is 6.92 Å². The monoisotopic (exact) mass is 354 g/mol. The molecular formula is C15H12BrClO3. The van der Waals surface area contributed by atoms with Crippen LogP contribution >= 0.6 is 27.5 Å². The molecule has 0 amide bonds. The molecule has 0 unspecified atom stereocenters. The maximum absolute atomic E-state index is 11.7. The SMILES string of the molecule is Cc1cc(Cl)ccc1OCC(=O)Oc1ccc(Br)cc1. The number of rotatable bonds is 4. The Morgan fingerprint density at radius 1 is 1.20 bits per heavy atom. The fraction of sp³-hybridized carbons (Fsp3) is 0.133. The molecule has 0 bridgehead atoms. The van der Waals surface area contributed by atoms with Gasteiger partial charge in [-0.1, -0.05) is 27.5 Å². The van der Waals surface area contributed by atoms with Gasteiger partial charge < -0.3 is 9.47 Å². The zero-order chi connectivity index (χ0) is 14.5. The zero-order valence-electron chi connectivity index (χ0n) is 10.7. The van der Waals surface area contributed by atoms with Gasteiger partial charge in [0.15, 0.2) is 6.61 Å². The summed E-state index contributed by atoms with van der Waals surface area (Å²) in [6.07, 6.45) is 0. The highest BCUT2D eigenvalue weighted by molar-refractivity contribution is 9.10. The number of carbonyl (C=O) groups is 1. The van der Waals surface area contributed by atoms with E-state index < -0.39 is 5.97 Å². The minimum absolute atomic E-state index is 0.154. The van der Waals surface area contributed by atoms with E-state index in [1.54, 1.807) is 42.5 Å². The van der Waals surface area contributed by atoms with Gasteiger partial charge in [-0.15, -0.1) is 0 Å². The average molecular weight is 356 g/mol. The van der Waals surface area contributed by atoms with Gasteiger partial charge in [-0.3, -0.25) is 0 Å². The standard InChI is InChI=1S/C15H12BrClO3/c1-10-8-12(17)4-7-14(10)19-9-15(18)20-13-5-2-11(16)3-6-13/h2-8H,9H2,1H3. The van der Waals surface area contributed by atoms with Gasteiger partial charge in [-0.2, -0.15) is 0 Å². The molecule has 0 N–H and O–H groups in total. The molecule has 2 rings (SSSR count). The molecule has 0 heterocycles. The summed E-state index contributed by atoms with van der Waals surface area (Å²) in [6.45, 7) is 1.71. The number of hydrogen-bond donors (Lipinski definition) is 0. The topological polar surface area (TPSA) is 35.5 Å². The van der Waals surface area contributed by atoms with Crippen molar-refractivity contribution in [1.82, 2.24) is 0 Å². The van der Waals surface area contributed by atoms with Crippen molar-refractivity contribution in [2.75, 3.05) is 6.61 Å². The van der Waals surface area contributed by atoms with Crippen molar-refractivity contribution in [2.24, 2.45) is 0 Å². The van der Waals surface area contributed by atoms with E-state index in [9.17, 15) is 4.79 Å². The van der Waals surface area contributed by atoms with Gasteiger partial charge in [-0.05, 0) is 55.0 Å². The molecule has 0 atom stereocenters. The van der Waals surface area contributed by atoms with E-state index >= 15 is 0 Å². The highest BCUT2D eigenvalue weighted by Crippen LogP contribution is 2.22. The normalized spacial score (nSPS) is 10.2. The van der Waals surface area contributed by atoms with Crippen molar-refractivity contribution in [3.8, 4) is 11.5 Å². The number of ether oxygens (including phenoxy) is 2. The van der Waals surface area contributed by atoms with E-state index in [0.29, 0.717) is 16.5 Å². The van der Waals surface area contributed by atoms with Crippen LogP contribution in [-0.2, 0) is 4.79 Å². The number of halogens is 2. The van der Waals surface area contributed by atoms with Crippen LogP contribution in [0.5, 0.6) is 11.5 Å². The third-order valence-corrected chi connectivity index (χ3v) is 3.29. The minimum atomic E-state index is -0.457. The second kappa shape index (κ2) is 6.77. The van der Waals surface area contributed by atoms with Crippen LogP contribution in [0.3, 0.4) is 0 Å². The van der Waals surface area contributed by atoms with Crippen molar-refractivity contribution in [3.63, 3.8) is 0 Å². The first-order valence-electron chi connectivity index (χ1n) is 5.90. The van der Waals surface area contributed by atoms with Crippen LogP contribution in [0, 0.1) is 6.92 Å². The first-order chi connectivity index (χ1) is 9.54. The highest BCUT2D eigenvalue weighted by Gasteiger charge is 2.07.